The number of ether oxygens (including phenoxy) is 1. The summed E-state index contributed by atoms with van der Waals surface area (Å²) in [6, 6.07) is 10.3. The van der Waals surface area contributed by atoms with Crippen molar-refractivity contribution < 1.29 is 23.5 Å². The van der Waals surface area contributed by atoms with Gasteiger partial charge in [0.2, 0.25) is 0 Å². The van der Waals surface area contributed by atoms with E-state index in [9.17, 15) is 14.4 Å². The number of hydrogen-bond donors (Lipinski definition) is 0. The molecule has 0 N–H and O–H groups in total. The summed E-state index contributed by atoms with van der Waals surface area (Å²) < 4.78 is 10.5. The lowest BCUT2D eigenvalue weighted by atomic mass is 9.63. The van der Waals surface area contributed by atoms with Gasteiger partial charge in [0.05, 0.1) is 30.7 Å². The highest BCUT2D eigenvalue weighted by atomic mass is 16.5. The number of esters is 1. The molecule has 2 heterocycles. The fraction of sp³-hybridized carbons (Fsp3) is 0.304. The van der Waals surface area contributed by atoms with Crippen LogP contribution in [0, 0.1) is 23.7 Å². The highest BCUT2D eigenvalue weighted by molar-refractivity contribution is 6.06. The molecule has 152 valence electrons. The third-order valence-electron chi connectivity index (χ3n) is 6.25. The molecule has 0 unspecified atom stereocenters. The van der Waals surface area contributed by atoms with Crippen molar-refractivity contribution in [2.45, 2.75) is 12.8 Å². The highest BCUT2D eigenvalue weighted by Crippen LogP contribution is 2.49. The lowest BCUT2D eigenvalue weighted by Gasteiger charge is -2.37. The van der Waals surface area contributed by atoms with Crippen LogP contribution in [0.3, 0.4) is 0 Å². The third-order valence-corrected chi connectivity index (χ3v) is 6.25. The largest absolute Gasteiger partial charge is 0.465 e. The normalized spacial score (nSPS) is 27.2. The maximum Gasteiger partial charge on any atom is 0.337 e. The lowest BCUT2D eigenvalue weighted by Crippen LogP contribution is -2.38. The van der Waals surface area contributed by atoms with Gasteiger partial charge in [0, 0.05) is 5.56 Å². The van der Waals surface area contributed by atoms with Crippen LogP contribution in [0.15, 0.2) is 58.1 Å². The zero-order valence-electron chi connectivity index (χ0n) is 16.4. The Morgan fingerprint density at radius 2 is 1.67 bits per heavy atom. The summed E-state index contributed by atoms with van der Waals surface area (Å²) in [6.07, 6.45) is 7.47. The van der Waals surface area contributed by atoms with Crippen LogP contribution in [0.5, 0.6) is 0 Å². The van der Waals surface area contributed by atoms with E-state index in [0.717, 1.165) is 23.4 Å². The molecule has 1 saturated heterocycles. The van der Waals surface area contributed by atoms with Crippen molar-refractivity contribution >= 4 is 24.0 Å². The van der Waals surface area contributed by atoms with Crippen molar-refractivity contribution in [3.63, 3.8) is 0 Å². The summed E-state index contributed by atoms with van der Waals surface area (Å²) in [6.45, 7) is 0. The Hall–Kier alpha value is -3.48. The molecule has 1 aliphatic heterocycles. The number of fused-ring (bicyclic) bond motifs is 1. The summed E-state index contributed by atoms with van der Waals surface area (Å²) in [4.78, 5) is 37.1. The fourth-order valence-corrected chi connectivity index (χ4v) is 4.75. The first-order valence-electron chi connectivity index (χ1n) is 9.95. The van der Waals surface area contributed by atoms with Crippen molar-refractivity contribution in [1.29, 1.82) is 0 Å². The van der Waals surface area contributed by atoms with Crippen LogP contribution in [0.1, 0.15) is 29.0 Å². The monoisotopic (exact) mass is 404 g/mol. The second kappa shape index (κ2) is 7.09. The average Bonchev–Trinajstić information content (AvgIpc) is 3.37. The van der Waals surface area contributed by atoms with Crippen LogP contribution in [0.25, 0.3) is 11.3 Å². The Morgan fingerprint density at radius 3 is 2.23 bits per heavy atom. The van der Waals surface area contributed by atoms with E-state index < -0.39 is 5.97 Å². The smallest absolute Gasteiger partial charge is 0.337 e. The van der Waals surface area contributed by atoms with E-state index in [-0.39, 0.29) is 35.5 Å². The predicted octanol–water partition coefficient (Wildman–Crippen LogP) is 3.26. The van der Waals surface area contributed by atoms with Crippen LogP contribution in [0.4, 0.5) is 0 Å². The SMILES string of the molecule is COC(=O)c1ccc(-c2ccc(/C=N\N3C(=O)[C@@H]4[C@@H](C3=O)[C@H]3C=C[C@@H]4CC3)o2)cc1. The number of hydrazone groups is 1. The fourth-order valence-electron chi connectivity index (χ4n) is 4.75. The van der Waals surface area contributed by atoms with Crippen molar-refractivity contribution in [1.82, 2.24) is 5.01 Å². The number of furan rings is 1. The molecule has 30 heavy (non-hydrogen) atoms. The number of benzene rings is 1. The number of hydrogen-bond acceptors (Lipinski definition) is 6. The summed E-state index contributed by atoms with van der Waals surface area (Å²) in [5, 5.41) is 5.17. The molecule has 2 bridgehead atoms. The van der Waals surface area contributed by atoms with Gasteiger partial charge in [-0.05, 0) is 48.9 Å². The Kier molecular flexibility index (Phi) is 4.38. The molecular formula is C23H20N2O5. The molecule has 4 aliphatic rings. The van der Waals surface area contributed by atoms with Crippen molar-refractivity contribution in [3.8, 4) is 11.3 Å². The highest BCUT2D eigenvalue weighted by Gasteiger charge is 2.56. The molecule has 1 saturated carbocycles. The topological polar surface area (TPSA) is 89.2 Å². The lowest BCUT2D eigenvalue weighted by molar-refractivity contribution is -0.140. The summed E-state index contributed by atoms with van der Waals surface area (Å²) >= 11 is 0. The Labute approximate surface area is 173 Å². The van der Waals surface area contributed by atoms with E-state index in [0.29, 0.717) is 17.1 Å². The number of imide groups is 1. The van der Waals surface area contributed by atoms with Crippen LogP contribution >= 0.6 is 0 Å². The molecule has 4 atom stereocenters. The van der Waals surface area contributed by atoms with E-state index in [4.69, 9.17) is 9.15 Å². The van der Waals surface area contributed by atoms with Crippen LogP contribution in [-0.2, 0) is 14.3 Å². The number of amides is 2. The van der Waals surface area contributed by atoms with E-state index in [1.165, 1.54) is 13.3 Å². The second-order valence-corrected chi connectivity index (χ2v) is 7.85. The van der Waals surface area contributed by atoms with E-state index >= 15 is 0 Å². The minimum absolute atomic E-state index is 0.139. The van der Waals surface area contributed by atoms with Gasteiger partial charge in [-0.2, -0.15) is 10.1 Å². The summed E-state index contributed by atoms with van der Waals surface area (Å²) in [7, 11) is 1.33. The third kappa shape index (κ3) is 2.89. The van der Waals surface area contributed by atoms with Gasteiger partial charge in [0.1, 0.15) is 11.5 Å². The number of rotatable bonds is 4. The van der Waals surface area contributed by atoms with E-state index in [1.54, 1.807) is 36.4 Å². The molecule has 0 radical (unpaired) electrons. The van der Waals surface area contributed by atoms with Crippen LogP contribution in [-0.4, -0.2) is 36.1 Å². The molecule has 2 amide bonds. The van der Waals surface area contributed by atoms with E-state index in [2.05, 4.69) is 17.3 Å². The number of carbonyl (C=O) groups is 3. The number of carbonyl (C=O) groups excluding carboxylic acids is 3. The molecule has 2 fully saturated rings. The zero-order valence-corrected chi connectivity index (χ0v) is 16.4. The molecular weight excluding hydrogens is 384 g/mol. The molecule has 1 aromatic carbocycles. The Morgan fingerprint density at radius 1 is 1.03 bits per heavy atom. The first kappa shape index (κ1) is 18.5. The standard InChI is InChI=1S/C23H20N2O5/c1-29-23(28)16-8-2-13(3-9-16)18-11-10-17(30-18)12-24-25-21(26)19-14-4-5-15(7-6-14)20(19)22(25)27/h2-5,8-12,14-15,19-20H,6-7H2,1H3/b24-12-/t14-,15+,19-,20-/m0/s1. The summed E-state index contributed by atoms with van der Waals surface area (Å²) in [5.41, 5.74) is 1.23. The quantitative estimate of drug-likeness (QED) is 0.338. The molecule has 2 aromatic rings. The van der Waals surface area contributed by atoms with Gasteiger partial charge in [0.25, 0.3) is 11.8 Å². The van der Waals surface area contributed by atoms with Crippen molar-refractivity contribution in [3.05, 3.63) is 59.9 Å². The maximum atomic E-state index is 12.8. The molecule has 0 spiro atoms. The second-order valence-electron chi connectivity index (χ2n) is 7.85. The van der Waals surface area contributed by atoms with Gasteiger partial charge >= 0.3 is 5.97 Å². The van der Waals surface area contributed by atoms with Gasteiger partial charge in [-0.3, -0.25) is 9.59 Å². The van der Waals surface area contributed by atoms with Gasteiger partial charge in [0.15, 0.2) is 0 Å². The van der Waals surface area contributed by atoms with Gasteiger partial charge in [-0.25, -0.2) is 4.79 Å². The van der Waals surface area contributed by atoms with Gasteiger partial charge in [-0.1, -0.05) is 24.3 Å². The Bertz CT molecular complexity index is 1050. The molecule has 1 aromatic heterocycles. The molecule has 3 aliphatic carbocycles. The number of methoxy groups -OCH3 is 1. The summed E-state index contributed by atoms with van der Waals surface area (Å²) in [5.74, 6) is -0.104. The Balaban J connectivity index is 1.33. The average molecular weight is 404 g/mol. The first-order valence-corrected chi connectivity index (χ1v) is 9.95. The van der Waals surface area contributed by atoms with Crippen molar-refractivity contribution in [2.24, 2.45) is 28.8 Å². The number of nitrogens with zero attached hydrogens (tertiary/aromatic N) is 2. The van der Waals surface area contributed by atoms with Crippen LogP contribution in [0.2, 0.25) is 0 Å². The van der Waals surface area contributed by atoms with E-state index in [1.807, 2.05) is 0 Å². The minimum Gasteiger partial charge on any atom is -0.465 e. The molecule has 7 nitrogen and oxygen atoms in total. The zero-order chi connectivity index (χ0) is 20.8. The van der Waals surface area contributed by atoms with Crippen LogP contribution < -0.4 is 0 Å². The van der Waals surface area contributed by atoms with Gasteiger partial charge in [-0.15, -0.1) is 0 Å². The molecule has 7 heteroatoms. The first-order chi connectivity index (χ1) is 14.6. The molecule has 6 rings (SSSR count). The predicted molar refractivity (Wildman–Crippen MR) is 107 cm³/mol. The minimum atomic E-state index is -0.405. The number of allylic oxidation sites excluding steroid dienone is 2. The van der Waals surface area contributed by atoms with Gasteiger partial charge < -0.3 is 9.15 Å². The van der Waals surface area contributed by atoms with Crippen molar-refractivity contribution in [2.75, 3.05) is 7.11 Å². The maximum absolute atomic E-state index is 12.8.